The number of H-pyrrole nitrogens is 1. The number of nitrogens with one attached hydrogen (secondary N) is 1. The number of fused-ring (bicyclic) bond motifs is 1. The standard InChI is InChI=1S/C6H5N3O3S.Ag/c10-13(11,12)4-1-2-5-6(3-4)8-9-7-5;/h1-3H,(H,7,8,9)(H,10,11,12);/q;+1/p-1. The van der Waals surface area contributed by atoms with E-state index in [2.05, 4.69) is 15.4 Å². The summed E-state index contributed by atoms with van der Waals surface area (Å²) in [6, 6.07) is 3.84. The molecule has 78 valence electrons. The van der Waals surface area contributed by atoms with Crippen LogP contribution < -0.4 is 0 Å². The Bertz CT molecular complexity index is 550. The van der Waals surface area contributed by atoms with Crippen LogP contribution in [0.2, 0.25) is 0 Å². The van der Waals surface area contributed by atoms with E-state index in [1.165, 1.54) is 18.2 Å². The van der Waals surface area contributed by atoms with Crippen molar-refractivity contribution in [3.8, 4) is 0 Å². The van der Waals surface area contributed by atoms with Crippen LogP contribution in [0, 0.1) is 0 Å². The number of hydrogen-bond acceptors (Lipinski definition) is 5. The molecular formula is C6H4AgN3O3S. The van der Waals surface area contributed by atoms with E-state index >= 15 is 0 Å². The van der Waals surface area contributed by atoms with Gasteiger partial charge in [-0.05, 0) is 18.2 Å². The summed E-state index contributed by atoms with van der Waals surface area (Å²) >= 11 is 0. The molecule has 0 amide bonds. The number of nitrogens with zero attached hydrogens (tertiary/aromatic N) is 2. The van der Waals surface area contributed by atoms with Crippen LogP contribution in [0.1, 0.15) is 0 Å². The molecule has 8 heteroatoms. The molecule has 0 aliphatic heterocycles. The Balaban J connectivity index is 0.000000980. The third-order valence-electron chi connectivity index (χ3n) is 1.59. The maximum atomic E-state index is 10.6. The van der Waals surface area contributed by atoms with Gasteiger partial charge in [0.15, 0.2) is 0 Å². The molecule has 0 saturated heterocycles. The summed E-state index contributed by atoms with van der Waals surface area (Å²) in [7, 11) is -4.40. The molecule has 0 aliphatic carbocycles. The van der Waals surface area contributed by atoms with Crippen molar-refractivity contribution < 1.29 is 35.4 Å². The fraction of sp³-hybridized carbons (Fsp3) is 0. The van der Waals surface area contributed by atoms with Crippen molar-refractivity contribution in [2.75, 3.05) is 0 Å². The van der Waals surface area contributed by atoms with Crippen molar-refractivity contribution >= 4 is 21.2 Å². The van der Waals surface area contributed by atoms with Crippen molar-refractivity contribution in [2.24, 2.45) is 0 Å². The molecule has 0 unspecified atom stereocenters. The maximum Gasteiger partial charge on any atom is 1.00 e. The number of aromatic nitrogens is 3. The fourth-order valence-corrected chi connectivity index (χ4v) is 1.47. The van der Waals surface area contributed by atoms with Gasteiger partial charge in [-0.15, -0.1) is 5.10 Å². The van der Waals surface area contributed by atoms with E-state index in [-0.39, 0.29) is 27.3 Å². The quantitative estimate of drug-likeness (QED) is 0.584. The monoisotopic (exact) mass is 305 g/mol. The van der Waals surface area contributed by atoms with E-state index < -0.39 is 10.1 Å². The molecule has 2 aromatic rings. The second kappa shape index (κ2) is 3.79. The van der Waals surface area contributed by atoms with Gasteiger partial charge in [-0.1, -0.05) is 5.21 Å². The fourth-order valence-electron chi connectivity index (χ4n) is 0.977. The van der Waals surface area contributed by atoms with E-state index in [0.29, 0.717) is 11.0 Å². The predicted octanol–water partition coefficient (Wildman–Crippen LogP) is -0.140. The summed E-state index contributed by atoms with van der Waals surface area (Å²) in [5.41, 5.74) is 0.948. The molecule has 1 aromatic carbocycles. The van der Waals surface area contributed by atoms with E-state index in [9.17, 15) is 13.0 Å². The molecule has 0 atom stereocenters. The Morgan fingerprint density at radius 2 is 2.07 bits per heavy atom. The zero-order valence-electron chi connectivity index (χ0n) is 6.56. The maximum absolute atomic E-state index is 10.6. The number of aromatic amines is 1. The van der Waals surface area contributed by atoms with Crippen LogP contribution in [0.15, 0.2) is 23.1 Å². The smallest absolute Gasteiger partial charge is 0.744 e. The van der Waals surface area contributed by atoms with Gasteiger partial charge in [0.2, 0.25) is 0 Å². The Morgan fingerprint density at radius 3 is 2.71 bits per heavy atom. The van der Waals surface area contributed by atoms with Crippen molar-refractivity contribution in [3.63, 3.8) is 0 Å². The van der Waals surface area contributed by atoms with E-state index in [0.717, 1.165) is 0 Å². The van der Waals surface area contributed by atoms with E-state index in [4.69, 9.17) is 0 Å². The van der Waals surface area contributed by atoms with Gasteiger partial charge in [-0.2, -0.15) is 0 Å². The first-order valence-corrected chi connectivity index (χ1v) is 4.75. The van der Waals surface area contributed by atoms with Gasteiger partial charge in [0.05, 0.1) is 10.4 Å². The minimum atomic E-state index is -4.40. The molecule has 14 heavy (non-hydrogen) atoms. The zero-order valence-corrected chi connectivity index (χ0v) is 8.86. The number of hydrogen-bond donors (Lipinski definition) is 1. The van der Waals surface area contributed by atoms with Gasteiger partial charge in [-0.3, -0.25) is 5.10 Å². The third kappa shape index (κ3) is 2.02. The second-order valence-electron chi connectivity index (χ2n) is 2.44. The molecule has 0 radical (unpaired) electrons. The predicted molar refractivity (Wildman–Crippen MR) is 41.9 cm³/mol. The largest absolute Gasteiger partial charge is 1.00 e. The van der Waals surface area contributed by atoms with Crippen LogP contribution in [-0.2, 0) is 32.5 Å². The number of benzene rings is 1. The van der Waals surface area contributed by atoms with Gasteiger partial charge in [0, 0.05) is 0 Å². The van der Waals surface area contributed by atoms with E-state index in [1.807, 2.05) is 0 Å². The molecule has 0 saturated carbocycles. The summed E-state index contributed by atoms with van der Waals surface area (Å²) in [4.78, 5) is -0.297. The van der Waals surface area contributed by atoms with Gasteiger partial charge in [0.25, 0.3) is 0 Å². The molecule has 0 fully saturated rings. The van der Waals surface area contributed by atoms with Crippen LogP contribution in [0.25, 0.3) is 11.0 Å². The summed E-state index contributed by atoms with van der Waals surface area (Å²) < 4.78 is 31.8. The molecule has 0 bridgehead atoms. The first-order valence-electron chi connectivity index (χ1n) is 3.34. The molecular weight excluding hydrogens is 302 g/mol. The van der Waals surface area contributed by atoms with Crippen LogP contribution in [0.3, 0.4) is 0 Å². The van der Waals surface area contributed by atoms with Crippen molar-refractivity contribution in [1.82, 2.24) is 15.4 Å². The molecule has 2 rings (SSSR count). The minimum Gasteiger partial charge on any atom is -0.744 e. The molecule has 1 heterocycles. The molecule has 1 aromatic heterocycles. The Labute approximate surface area is 95.0 Å². The summed E-state index contributed by atoms with van der Waals surface area (Å²) in [6.07, 6.45) is 0. The third-order valence-corrected chi connectivity index (χ3v) is 2.42. The van der Waals surface area contributed by atoms with Gasteiger partial charge in [-0.25, -0.2) is 8.42 Å². The van der Waals surface area contributed by atoms with Crippen LogP contribution in [0.4, 0.5) is 0 Å². The summed E-state index contributed by atoms with van der Waals surface area (Å²) in [5.74, 6) is 0. The normalized spacial score (nSPS) is 11.2. The van der Waals surface area contributed by atoms with Crippen LogP contribution in [-0.4, -0.2) is 28.4 Å². The van der Waals surface area contributed by atoms with Gasteiger partial charge < -0.3 is 4.55 Å². The Kier molecular flexibility index (Phi) is 3.07. The molecule has 1 N–H and O–H groups in total. The van der Waals surface area contributed by atoms with Crippen molar-refractivity contribution in [2.45, 2.75) is 4.90 Å². The zero-order chi connectivity index (χ0) is 9.47. The van der Waals surface area contributed by atoms with Crippen LogP contribution >= 0.6 is 0 Å². The SMILES string of the molecule is O=S(=O)([O-])c1ccc2[nH]nnc2c1.[Ag+]. The Morgan fingerprint density at radius 1 is 1.36 bits per heavy atom. The topological polar surface area (TPSA) is 98.8 Å². The molecule has 6 nitrogen and oxygen atoms in total. The minimum absolute atomic E-state index is 0. The average Bonchev–Trinajstić information content (AvgIpc) is 2.47. The summed E-state index contributed by atoms with van der Waals surface area (Å²) in [6.45, 7) is 0. The second-order valence-corrected chi connectivity index (χ2v) is 3.82. The first-order chi connectivity index (χ1) is 6.07. The number of rotatable bonds is 1. The van der Waals surface area contributed by atoms with Gasteiger partial charge in [0.1, 0.15) is 15.6 Å². The average molecular weight is 306 g/mol. The van der Waals surface area contributed by atoms with E-state index in [1.54, 1.807) is 0 Å². The van der Waals surface area contributed by atoms with Crippen molar-refractivity contribution in [3.05, 3.63) is 18.2 Å². The van der Waals surface area contributed by atoms with Gasteiger partial charge >= 0.3 is 22.4 Å². The first kappa shape index (κ1) is 11.3. The summed E-state index contributed by atoms with van der Waals surface area (Å²) in [5, 5.41) is 9.58. The van der Waals surface area contributed by atoms with Crippen LogP contribution in [0.5, 0.6) is 0 Å². The van der Waals surface area contributed by atoms with Crippen molar-refractivity contribution in [1.29, 1.82) is 0 Å². The Hall–Kier alpha value is -0.730. The molecule has 0 spiro atoms. The molecule has 0 aliphatic rings.